The maximum atomic E-state index is 13.0. The van der Waals surface area contributed by atoms with Crippen molar-refractivity contribution in [2.24, 2.45) is 0 Å². The van der Waals surface area contributed by atoms with Gasteiger partial charge in [0.1, 0.15) is 25.6 Å². The van der Waals surface area contributed by atoms with E-state index >= 15 is 0 Å². The van der Waals surface area contributed by atoms with Crippen LogP contribution in [0.5, 0.6) is 0 Å². The molecule has 0 saturated carbocycles. The second-order valence-corrected chi connectivity index (χ2v) is 8.53. The fourth-order valence-electron chi connectivity index (χ4n) is 2.00. The third kappa shape index (κ3) is 16.5. The van der Waals surface area contributed by atoms with E-state index in [0.29, 0.717) is 13.2 Å². The highest BCUT2D eigenvalue weighted by atomic mass is 28.4. The van der Waals surface area contributed by atoms with Gasteiger partial charge in [0.05, 0.1) is 0 Å². The summed E-state index contributed by atoms with van der Waals surface area (Å²) in [5.74, 6) is 0. The summed E-state index contributed by atoms with van der Waals surface area (Å²) in [7, 11) is -3.83. The highest BCUT2D eigenvalue weighted by Gasteiger charge is 2.50. The van der Waals surface area contributed by atoms with Crippen molar-refractivity contribution in [1.82, 2.24) is 0 Å². The molecule has 0 aliphatic rings. The van der Waals surface area contributed by atoms with Crippen LogP contribution in [0.15, 0.2) is 0 Å². The Balaban J connectivity index is 4.74. The second kappa shape index (κ2) is 17.9. The molecular formula is C18H38F2O6Si. The van der Waals surface area contributed by atoms with Crippen molar-refractivity contribution in [2.75, 3.05) is 26.4 Å². The first-order chi connectivity index (χ1) is 13.0. The molecule has 0 rings (SSSR count). The number of alkyl halides is 2. The molecule has 0 aromatic carbocycles. The lowest BCUT2D eigenvalue weighted by Crippen LogP contribution is -2.50. The van der Waals surface area contributed by atoms with Gasteiger partial charge in [-0.25, -0.2) is 18.6 Å². The topological polar surface area (TPSA) is 55.4 Å². The van der Waals surface area contributed by atoms with E-state index in [2.05, 4.69) is 13.8 Å². The molecule has 0 N–H and O–H groups in total. The van der Waals surface area contributed by atoms with Crippen LogP contribution in [-0.2, 0) is 27.8 Å². The Morgan fingerprint density at radius 3 is 1.41 bits per heavy atom. The molecule has 0 aromatic heterocycles. The van der Waals surface area contributed by atoms with E-state index in [4.69, 9.17) is 27.8 Å². The molecule has 27 heavy (non-hydrogen) atoms. The maximum Gasteiger partial charge on any atom is 0.736 e. The van der Waals surface area contributed by atoms with Crippen molar-refractivity contribution in [3.8, 4) is 0 Å². The average molecular weight is 417 g/mol. The third-order valence-electron chi connectivity index (χ3n) is 3.47. The zero-order valence-corrected chi connectivity index (χ0v) is 18.3. The van der Waals surface area contributed by atoms with Crippen LogP contribution in [0.1, 0.15) is 79.1 Å². The van der Waals surface area contributed by atoms with Gasteiger partial charge in [0.25, 0.3) is 0 Å². The first-order valence-corrected chi connectivity index (χ1v) is 11.8. The minimum atomic E-state index is -3.83. The van der Waals surface area contributed by atoms with Crippen LogP contribution in [0, 0.1) is 0 Å². The molecule has 0 bridgehead atoms. The number of unbranched alkanes of at least 4 members (excludes halogenated alkanes) is 6. The normalized spacial score (nSPS) is 14.4. The highest BCUT2D eigenvalue weighted by Crippen LogP contribution is 2.17. The van der Waals surface area contributed by atoms with Crippen LogP contribution in [-0.4, -0.2) is 47.8 Å². The lowest BCUT2D eigenvalue weighted by molar-refractivity contribution is -0.344. The summed E-state index contributed by atoms with van der Waals surface area (Å²) in [5, 5.41) is 0. The molecule has 2 atom stereocenters. The van der Waals surface area contributed by atoms with Crippen molar-refractivity contribution in [3.63, 3.8) is 0 Å². The molecule has 0 aliphatic carbocycles. The van der Waals surface area contributed by atoms with Crippen molar-refractivity contribution in [1.29, 1.82) is 0 Å². The van der Waals surface area contributed by atoms with Gasteiger partial charge in [-0.2, -0.15) is 9.15 Å². The average Bonchev–Trinajstić information content (AvgIpc) is 2.60. The zero-order valence-electron chi connectivity index (χ0n) is 17.3. The Bertz CT molecular complexity index is 294. The summed E-state index contributed by atoms with van der Waals surface area (Å²) in [6.07, 6.45) is 5.46. The molecule has 0 fully saturated rings. The summed E-state index contributed by atoms with van der Waals surface area (Å²) < 4.78 is 47.9. The second-order valence-electron chi connectivity index (χ2n) is 6.62. The number of halogens is 2. The van der Waals surface area contributed by atoms with Gasteiger partial charge in [0.15, 0.2) is 0 Å². The van der Waals surface area contributed by atoms with E-state index in [-0.39, 0.29) is 13.2 Å². The van der Waals surface area contributed by atoms with E-state index in [1.54, 1.807) is 0 Å². The van der Waals surface area contributed by atoms with Gasteiger partial charge in [-0.1, -0.05) is 52.4 Å². The predicted octanol–water partition coefficient (Wildman–Crippen LogP) is 5.23. The van der Waals surface area contributed by atoms with Crippen molar-refractivity contribution in [2.45, 2.75) is 91.4 Å². The van der Waals surface area contributed by atoms with Crippen molar-refractivity contribution < 1.29 is 36.6 Å². The molecule has 0 heterocycles. The number of rotatable bonds is 20. The molecule has 0 aliphatic heterocycles. The van der Waals surface area contributed by atoms with Gasteiger partial charge < -0.3 is 8.85 Å². The van der Waals surface area contributed by atoms with Gasteiger partial charge in [0.2, 0.25) is 0 Å². The SMILES string of the molecule is CCCCCCO[Si](OCCCCCC)(OOCC(C)F)OOCC(C)F. The summed E-state index contributed by atoms with van der Waals surface area (Å²) in [4.78, 5) is 9.82. The highest BCUT2D eigenvalue weighted by molar-refractivity contribution is 6.52. The molecule has 6 nitrogen and oxygen atoms in total. The van der Waals surface area contributed by atoms with Gasteiger partial charge >= 0.3 is 9.05 Å². The summed E-state index contributed by atoms with van der Waals surface area (Å²) >= 11 is 0. The molecule has 164 valence electrons. The van der Waals surface area contributed by atoms with Crippen molar-refractivity contribution >= 4 is 9.05 Å². The number of hydrogen-bond acceptors (Lipinski definition) is 6. The van der Waals surface area contributed by atoms with Crippen LogP contribution in [0.3, 0.4) is 0 Å². The molecule has 0 spiro atoms. The molecule has 2 unspecified atom stereocenters. The quantitative estimate of drug-likeness (QED) is 0.117. The standard InChI is InChI=1S/C18H38F2O6Si/c1-5-7-9-11-13-23-27(25-21-15-17(3)19,26-22-16-18(4)20)24-14-12-10-8-6-2/h17-18H,5-16H2,1-4H3. The minimum Gasteiger partial charge on any atom is -0.349 e. The monoisotopic (exact) mass is 416 g/mol. The van der Waals surface area contributed by atoms with E-state index < -0.39 is 21.4 Å². The number of hydrogen-bond donors (Lipinski definition) is 0. The lowest BCUT2D eigenvalue weighted by Gasteiger charge is -2.26. The van der Waals surface area contributed by atoms with Gasteiger partial charge in [-0.15, -0.1) is 0 Å². The Morgan fingerprint density at radius 2 is 1.07 bits per heavy atom. The van der Waals surface area contributed by atoms with Crippen molar-refractivity contribution in [3.05, 3.63) is 0 Å². The van der Waals surface area contributed by atoms with Crippen LogP contribution in [0.2, 0.25) is 0 Å². The molecular weight excluding hydrogens is 378 g/mol. The molecule has 0 saturated heterocycles. The zero-order chi connectivity index (χ0) is 20.4. The van der Waals surface area contributed by atoms with E-state index in [1.807, 2.05) is 0 Å². The molecule has 0 radical (unpaired) electrons. The first kappa shape index (κ1) is 26.8. The van der Waals surface area contributed by atoms with Crippen LogP contribution in [0.25, 0.3) is 0 Å². The van der Waals surface area contributed by atoms with Crippen LogP contribution < -0.4 is 0 Å². The summed E-state index contributed by atoms with van der Waals surface area (Å²) in [6, 6.07) is 0. The van der Waals surface area contributed by atoms with Crippen LogP contribution >= 0.6 is 0 Å². The van der Waals surface area contributed by atoms with Gasteiger partial charge in [-0.3, -0.25) is 0 Å². The third-order valence-corrected chi connectivity index (χ3v) is 5.23. The Labute approximate surface area is 164 Å². The molecule has 9 heteroatoms. The largest absolute Gasteiger partial charge is 0.736 e. The smallest absolute Gasteiger partial charge is 0.349 e. The van der Waals surface area contributed by atoms with E-state index in [9.17, 15) is 8.78 Å². The fraction of sp³-hybridized carbons (Fsp3) is 1.00. The first-order valence-electron chi connectivity index (χ1n) is 10.1. The summed E-state index contributed by atoms with van der Waals surface area (Å²) in [6.45, 7) is 6.96. The van der Waals surface area contributed by atoms with Crippen LogP contribution in [0.4, 0.5) is 8.78 Å². The lowest BCUT2D eigenvalue weighted by atomic mass is 10.2. The minimum absolute atomic E-state index is 0.296. The summed E-state index contributed by atoms with van der Waals surface area (Å²) in [5.41, 5.74) is 0. The van der Waals surface area contributed by atoms with E-state index in [1.165, 1.54) is 13.8 Å². The van der Waals surface area contributed by atoms with E-state index in [0.717, 1.165) is 51.4 Å². The fourth-order valence-corrected chi connectivity index (χ4v) is 3.52. The van der Waals surface area contributed by atoms with Gasteiger partial charge in [0, 0.05) is 13.2 Å². The molecule has 0 aromatic rings. The predicted molar refractivity (Wildman–Crippen MR) is 101 cm³/mol. The Hall–Kier alpha value is -0.163. The Kier molecular flexibility index (Phi) is 17.8. The maximum absolute atomic E-state index is 13.0. The Morgan fingerprint density at radius 1 is 0.667 bits per heavy atom. The molecule has 0 amide bonds. The van der Waals surface area contributed by atoms with Gasteiger partial charge in [-0.05, 0) is 26.7 Å².